The molecule has 2 N–H and O–H groups in total. The highest BCUT2D eigenvalue weighted by atomic mass is 16.5. The molecule has 0 atom stereocenters. The van der Waals surface area contributed by atoms with Crippen molar-refractivity contribution in [2.45, 2.75) is 33.0 Å². The first kappa shape index (κ1) is 23.9. The molecule has 4 aromatic rings. The Morgan fingerprint density at radius 1 is 0.714 bits per heavy atom. The van der Waals surface area contributed by atoms with Gasteiger partial charge in [0.05, 0.1) is 0 Å². The van der Waals surface area contributed by atoms with E-state index in [1.54, 1.807) is 0 Å². The van der Waals surface area contributed by atoms with Crippen LogP contribution in [0.4, 0.5) is 0 Å². The van der Waals surface area contributed by atoms with Gasteiger partial charge in [-0.1, -0.05) is 54.6 Å². The van der Waals surface area contributed by atoms with E-state index in [1.807, 2.05) is 104 Å². The third-order valence-corrected chi connectivity index (χ3v) is 5.61. The molecule has 35 heavy (non-hydrogen) atoms. The van der Waals surface area contributed by atoms with Crippen LogP contribution in [0.1, 0.15) is 28.7 Å². The molecular weight excluding hydrogens is 438 g/mol. The van der Waals surface area contributed by atoms with Crippen LogP contribution in [0.25, 0.3) is 0 Å². The molecule has 0 aromatic heterocycles. The van der Waals surface area contributed by atoms with Crippen LogP contribution in [-0.2, 0) is 24.4 Å². The van der Waals surface area contributed by atoms with Gasteiger partial charge >= 0.3 is 0 Å². The normalized spacial score (nSPS) is 10.5. The molecule has 0 radical (unpaired) electrons. The van der Waals surface area contributed by atoms with Crippen molar-refractivity contribution in [3.63, 3.8) is 0 Å². The van der Waals surface area contributed by atoms with Crippen molar-refractivity contribution in [2.75, 3.05) is 0 Å². The minimum atomic E-state index is -0.304. The Bertz CT molecular complexity index is 1270. The van der Waals surface area contributed by atoms with E-state index < -0.39 is 0 Å². The van der Waals surface area contributed by atoms with Gasteiger partial charge in [0.1, 0.15) is 36.2 Å². The molecule has 4 aromatic carbocycles. The number of hydrogen-bond donors (Lipinski definition) is 1. The first-order chi connectivity index (χ1) is 17.1. The molecule has 0 heterocycles. The summed E-state index contributed by atoms with van der Waals surface area (Å²) in [6.07, 6.45) is 0.926. The van der Waals surface area contributed by atoms with Gasteiger partial charge in [-0.2, -0.15) is 0 Å². The van der Waals surface area contributed by atoms with Gasteiger partial charge in [-0.3, -0.25) is 4.79 Å². The lowest BCUT2D eigenvalue weighted by atomic mass is 9.98. The lowest BCUT2D eigenvalue weighted by Crippen LogP contribution is -2.12. The number of amides is 1. The summed E-state index contributed by atoms with van der Waals surface area (Å²) >= 11 is 0. The number of nitrogens with two attached hydrogens (primary N) is 1. The maximum absolute atomic E-state index is 11.2. The van der Waals surface area contributed by atoms with Crippen molar-refractivity contribution < 1.29 is 19.0 Å². The number of para-hydroxylation sites is 1. The molecule has 0 bridgehead atoms. The van der Waals surface area contributed by atoms with Crippen LogP contribution < -0.4 is 19.9 Å². The molecule has 0 aliphatic rings. The number of aryl methyl sites for hydroxylation is 1. The second kappa shape index (κ2) is 11.7. The minimum absolute atomic E-state index is 0.304. The van der Waals surface area contributed by atoms with Gasteiger partial charge in [-0.15, -0.1) is 0 Å². The van der Waals surface area contributed by atoms with Gasteiger partial charge in [0.15, 0.2) is 0 Å². The van der Waals surface area contributed by atoms with Crippen molar-refractivity contribution in [3.8, 4) is 23.0 Å². The monoisotopic (exact) mass is 467 g/mol. The molecule has 5 nitrogen and oxygen atoms in total. The Morgan fingerprint density at radius 2 is 1.37 bits per heavy atom. The molecular formula is C30H29NO4. The highest BCUT2D eigenvalue weighted by molar-refractivity contribution is 5.74. The number of primary amides is 1. The second-order valence-corrected chi connectivity index (χ2v) is 8.29. The smallest absolute Gasteiger partial charge is 0.217 e. The zero-order valence-electron chi connectivity index (χ0n) is 19.8. The Balaban J connectivity index is 1.36. The van der Waals surface area contributed by atoms with E-state index in [0.717, 1.165) is 39.5 Å². The third-order valence-electron chi connectivity index (χ3n) is 5.61. The minimum Gasteiger partial charge on any atom is -0.489 e. The molecule has 4 rings (SSSR count). The van der Waals surface area contributed by atoms with Gasteiger partial charge in [-0.25, -0.2) is 0 Å². The first-order valence-electron chi connectivity index (χ1n) is 11.6. The van der Waals surface area contributed by atoms with E-state index in [4.69, 9.17) is 19.9 Å². The fourth-order valence-electron chi connectivity index (χ4n) is 3.81. The quantitative estimate of drug-likeness (QED) is 0.278. The highest BCUT2D eigenvalue weighted by Gasteiger charge is 2.09. The molecule has 0 unspecified atom stereocenters. The highest BCUT2D eigenvalue weighted by Crippen LogP contribution is 2.25. The molecule has 0 fully saturated rings. The van der Waals surface area contributed by atoms with Crippen molar-refractivity contribution in [1.82, 2.24) is 0 Å². The summed E-state index contributed by atoms with van der Waals surface area (Å²) < 4.78 is 18.0. The van der Waals surface area contributed by atoms with Crippen LogP contribution in [0.5, 0.6) is 23.0 Å². The lowest BCUT2D eigenvalue weighted by Gasteiger charge is -2.14. The Hall–Kier alpha value is -4.25. The lowest BCUT2D eigenvalue weighted by molar-refractivity contribution is -0.117. The zero-order chi connectivity index (χ0) is 24.5. The summed E-state index contributed by atoms with van der Waals surface area (Å²) in [5.41, 5.74) is 9.63. The Kier molecular flexibility index (Phi) is 8.02. The van der Waals surface area contributed by atoms with Crippen molar-refractivity contribution in [2.24, 2.45) is 5.73 Å². The number of carbonyl (C=O) groups is 1. The largest absolute Gasteiger partial charge is 0.489 e. The van der Waals surface area contributed by atoms with Crippen molar-refractivity contribution in [1.29, 1.82) is 0 Å². The van der Waals surface area contributed by atoms with Crippen molar-refractivity contribution in [3.05, 3.63) is 119 Å². The predicted octanol–water partition coefficient (Wildman–Crippen LogP) is 6.36. The molecule has 178 valence electrons. The van der Waals surface area contributed by atoms with E-state index in [0.29, 0.717) is 31.8 Å². The summed E-state index contributed by atoms with van der Waals surface area (Å²) in [6.45, 7) is 2.84. The molecule has 0 aliphatic heterocycles. The van der Waals surface area contributed by atoms with Gasteiger partial charge < -0.3 is 19.9 Å². The zero-order valence-corrected chi connectivity index (χ0v) is 19.8. The predicted molar refractivity (Wildman–Crippen MR) is 137 cm³/mol. The molecule has 0 saturated carbocycles. The molecule has 5 heteroatoms. The average molecular weight is 468 g/mol. The SMILES string of the molecule is Cc1cccc(COc2cccc(OCc3cccc(Oc4ccccc4)c3)c2)c1CCC(N)=O. The standard InChI is InChI=1S/C30H29NO4/c1-22-8-5-10-24(29(22)16-17-30(31)32)21-34-27-14-7-13-26(19-27)33-20-23-9-6-15-28(18-23)35-25-11-3-2-4-12-25/h2-15,18-19H,16-17,20-21H2,1H3,(H2,31,32). The van der Waals surface area contributed by atoms with E-state index in [1.165, 1.54) is 0 Å². The number of ether oxygens (including phenoxy) is 3. The van der Waals surface area contributed by atoms with Crippen LogP contribution in [-0.4, -0.2) is 5.91 Å². The summed E-state index contributed by atoms with van der Waals surface area (Å²) in [6, 6.07) is 31.2. The molecule has 1 amide bonds. The topological polar surface area (TPSA) is 70.8 Å². The number of rotatable bonds is 11. The van der Waals surface area contributed by atoms with Gasteiger partial charge in [0.2, 0.25) is 5.91 Å². The third kappa shape index (κ3) is 7.11. The Labute approximate surface area is 206 Å². The summed E-state index contributed by atoms with van der Waals surface area (Å²) in [4.78, 5) is 11.2. The van der Waals surface area contributed by atoms with E-state index >= 15 is 0 Å². The van der Waals surface area contributed by atoms with Gasteiger partial charge in [0.25, 0.3) is 0 Å². The summed E-state index contributed by atoms with van der Waals surface area (Å²) in [5.74, 6) is 2.68. The average Bonchev–Trinajstić information content (AvgIpc) is 2.87. The first-order valence-corrected chi connectivity index (χ1v) is 11.6. The van der Waals surface area contributed by atoms with Gasteiger partial charge in [0, 0.05) is 12.5 Å². The summed E-state index contributed by atoms with van der Waals surface area (Å²) in [5, 5.41) is 0. The van der Waals surface area contributed by atoms with E-state index in [-0.39, 0.29) is 5.91 Å². The van der Waals surface area contributed by atoms with Gasteiger partial charge in [-0.05, 0) is 72.0 Å². The fraction of sp³-hybridized carbons (Fsp3) is 0.167. The summed E-state index contributed by atoms with van der Waals surface area (Å²) in [7, 11) is 0. The maximum Gasteiger partial charge on any atom is 0.217 e. The van der Waals surface area contributed by atoms with Crippen LogP contribution >= 0.6 is 0 Å². The van der Waals surface area contributed by atoms with Crippen LogP contribution in [0.15, 0.2) is 97.1 Å². The number of hydrogen-bond acceptors (Lipinski definition) is 4. The number of benzene rings is 4. The second-order valence-electron chi connectivity index (χ2n) is 8.29. The molecule has 0 spiro atoms. The molecule has 0 saturated heterocycles. The van der Waals surface area contributed by atoms with Crippen molar-refractivity contribution >= 4 is 5.91 Å². The number of carbonyl (C=O) groups excluding carboxylic acids is 1. The van der Waals surface area contributed by atoms with Crippen LogP contribution in [0.3, 0.4) is 0 Å². The Morgan fingerprint density at radius 3 is 2.14 bits per heavy atom. The molecule has 0 aliphatic carbocycles. The van der Waals surface area contributed by atoms with Crippen LogP contribution in [0, 0.1) is 6.92 Å². The van der Waals surface area contributed by atoms with E-state index in [2.05, 4.69) is 0 Å². The van der Waals surface area contributed by atoms with E-state index in [9.17, 15) is 4.79 Å². The van der Waals surface area contributed by atoms with Crippen LogP contribution in [0.2, 0.25) is 0 Å². The fourth-order valence-corrected chi connectivity index (χ4v) is 3.81. The maximum atomic E-state index is 11.2.